The molecule has 0 fully saturated rings. The molecule has 4 heteroatoms. The Balaban J connectivity index is 2.26. The number of benzene rings is 2. The van der Waals surface area contributed by atoms with Crippen molar-refractivity contribution in [3.05, 3.63) is 63.9 Å². The summed E-state index contributed by atoms with van der Waals surface area (Å²) in [4.78, 5) is 0. The lowest BCUT2D eigenvalue weighted by Crippen LogP contribution is -2.19. The van der Waals surface area contributed by atoms with Crippen molar-refractivity contribution in [1.82, 2.24) is 5.32 Å². The SMILES string of the molecule is CNC(Cc1cccc(OC)c1)c1cccc(F)c1Br. The van der Waals surface area contributed by atoms with E-state index in [0.717, 1.165) is 23.3 Å². The van der Waals surface area contributed by atoms with Gasteiger partial charge >= 0.3 is 0 Å². The largest absolute Gasteiger partial charge is 0.497 e. The first-order valence-electron chi connectivity index (χ1n) is 6.39. The fourth-order valence-electron chi connectivity index (χ4n) is 2.19. The Bertz CT molecular complexity index is 588. The van der Waals surface area contributed by atoms with Crippen molar-refractivity contribution in [2.75, 3.05) is 14.2 Å². The van der Waals surface area contributed by atoms with E-state index in [-0.39, 0.29) is 11.9 Å². The van der Waals surface area contributed by atoms with Gasteiger partial charge in [-0.15, -0.1) is 0 Å². The maximum Gasteiger partial charge on any atom is 0.137 e. The molecule has 20 heavy (non-hydrogen) atoms. The van der Waals surface area contributed by atoms with Crippen LogP contribution in [0.2, 0.25) is 0 Å². The number of rotatable bonds is 5. The summed E-state index contributed by atoms with van der Waals surface area (Å²) in [5.41, 5.74) is 2.05. The quantitative estimate of drug-likeness (QED) is 0.886. The van der Waals surface area contributed by atoms with Crippen LogP contribution in [-0.4, -0.2) is 14.2 Å². The number of hydrogen-bond acceptors (Lipinski definition) is 2. The average Bonchev–Trinajstić information content (AvgIpc) is 2.48. The summed E-state index contributed by atoms with van der Waals surface area (Å²) in [6.07, 6.45) is 0.760. The Kier molecular flexibility index (Phi) is 5.15. The normalized spacial score (nSPS) is 12.2. The minimum Gasteiger partial charge on any atom is -0.497 e. The molecule has 0 amide bonds. The van der Waals surface area contributed by atoms with E-state index in [2.05, 4.69) is 21.2 Å². The molecule has 2 aromatic carbocycles. The number of nitrogens with one attached hydrogen (secondary N) is 1. The number of halogens is 2. The van der Waals surface area contributed by atoms with Gasteiger partial charge in [-0.25, -0.2) is 4.39 Å². The molecule has 106 valence electrons. The summed E-state index contributed by atoms with van der Waals surface area (Å²) in [6, 6.07) is 13.0. The Labute approximate surface area is 127 Å². The van der Waals surface area contributed by atoms with Crippen LogP contribution in [0.15, 0.2) is 46.9 Å². The maximum absolute atomic E-state index is 13.6. The molecule has 0 radical (unpaired) electrons. The molecule has 2 nitrogen and oxygen atoms in total. The van der Waals surface area contributed by atoms with Gasteiger partial charge in [0.25, 0.3) is 0 Å². The minimum absolute atomic E-state index is 0.0344. The van der Waals surface area contributed by atoms with Gasteiger partial charge in [-0.2, -0.15) is 0 Å². The summed E-state index contributed by atoms with van der Waals surface area (Å²) < 4.78 is 19.4. The summed E-state index contributed by atoms with van der Waals surface area (Å²) in [5, 5.41) is 3.23. The second kappa shape index (κ2) is 6.86. The standard InChI is InChI=1S/C16H17BrFNO/c1-19-15(13-7-4-8-14(18)16(13)17)10-11-5-3-6-12(9-11)20-2/h3-9,15,19H,10H2,1-2H3. The fourth-order valence-corrected chi connectivity index (χ4v) is 2.73. The monoisotopic (exact) mass is 337 g/mol. The molecule has 2 rings (SSSR count). The average molecular weight is 338 g/mol. The van der Waals surface area contributed by atoms with E-state index in [9.17, 15) is 4.39 Å². The summed E-state index contributed by atoms with van der Waals surface area (Å²) in [5.74, 6) is 0.587. The summed E-state index contributed by atoms with van der Waals surface area (Å²) in [7, 11) is 3.53. The lowest BCUT2D eigenvalue weighted by Gasteiger charge is -2.19. The first kappa shape index (κ1) is 15.0. The molecule has 1 N–H and O–H groups in total. The number of methoxy groups -OCH3 is 1. The van der Waals surface area contributed by atoms with Gasteiger partial charge in [-0.05, 0) is 58.7 Å². The summed E-state index contributed by atoms with van der Waals surface area (Å²) >= 11 is 3.32. The molecule has 0 saturated heterocycles. The lowest BCUT2D eigenvalue weighted by molar-refractivity contribution is 0.414. The topological polar surface area (TPSA) is 21.3 Å². The molecule has 1 unspecified atom stereocenters. The van der Waals surface area contributed by atoms with Crippen molar-refractivity contribution in [2.24, 2.45) is 0 Å². The minimum atomic E-state index is -0.242. The van der Waals surface area contributed by atoms with Gasteiger partial charge in [-0.3, -0.25) is 0 Å². The Morgan fingerprint density at radius 2 is 2.00 bits per heavy atom. The third-order valence-corrected chi connectivity index (χ3v) is 4.12. The molecular weight excluding hydrogens is 321 g/mol. The highest BCUT2D eigenvalue weighted by Gasteiger charge is 2.15. The van der Waals surface area contributed by atoms with Gasteiger partial charge in [0.1, 0.15) is 11.6 Å². The highest BCUT2D eigenvalue weighted by Crippen LogP contribution is 2.28. The number of likely N-dealkylation sites (N-methyl/N-ethyl adjacent to an activating group) is 1. The molecule has 2 aromatic rings. The van der Waals surface area contributed by atoms with Crippen LogP contribution in [-0.2, 0) is 6.42 Å². The van der Waals surface area contributed by atoms with Gasteiger partial charge in [0.2, 0.25) is 0 Å². The van der Waals surface area contributed by atoms with Crippen molar-refractivity contribution in [3.8, 4) is 5.75 Å². The van der Waals surface area contributed by atoms with Crippen LogP contribution in [0.25, 0.3) is 0 Å². The molecule has 0 aliphatic carbocycles. The molecule has 0 saturated carbocycles. The second-order valence-corrected chi connectivity index (χ2v) is 5.33. The predicted molar refractivity (Wildman–Crippen MR) is 82.6 cm³/mol. The summed E-state index contributed by atoms with van der Waals surface area (Å²) in [6.45, 7) is 0. The molecule has 0 spiro atoms. The molecule has 0 aliphatic rings. The van der Waals surface area contributed by atoms with E-state index in [1.807, 2.05) is 37.4 Å². The van der Waals surface area contributed by atoms with E-state index in [1.54, 1.807) is 13.2 Å². The first-order valence-corrected chi connectivity index (χ1v) is 7.19. The van der Waals surface area contributed by atoms with Gasteiger partial charge in [0.15, 0.2) is 0 Å². The van der Waals surface area contributed by atoms with Crippen LogP contribution >= 0.6 is 15.9 Å². The van der Waals surface area contributed by atoms with Gasteiger partial charge in [0.05, 0.1) is 11.6 Å². The van der Waals surface area contributed by atoms with E-state index >= 15 is 0 Å². The highest BCUT2D eigenvalue weighted by atomic mass is 79.9. The van der Waals surface area contributed by atoms with Crippen molar-refractivity contribution in [3.63, 3.8) is 0 Å². The molecule has 0 bridgehead atoms. The molecule has 0 aliphatic heterocycles. The van der Waals surface area contributed by atoms with E-state index in [1.165, 1.54) is 6.07 Å². The van der Waals surface area contributed by atoms with Crippen LogP contribution in [0.4, 0.5) is 4.39 Å². The molecule has 0 heterocycles. The number of hydrogen-bond donors (Lipinski definition) is 1. The Morgan fingerprint density at radius 3 is 2.70 bits per heavy atom. The molecule has 1 atom stereocenters. The number of ether oxygens (including phenoxy) is 1. The maximum atomic E-state index is 13.6. The Hall–Kier alpha value is -1.39. The second-order valence-electron chi connectivity index (χ2n) is 4.54. The van der Waals surface area contributed by atoms with Crippen molar-refractivity contribution < 1.29 is 9.13 Å². The lowest BCUT2D eigenvalue weighted by atomic mass is 9.99. The smallest absolute Gasteiger partial charge is 0.137 e. The zero-order valence-corrected chi connectivity index (χ0v) is 13.1. The van der Waals surface area contributed by atoms with Crippen LogP contribution in [0.3, 0.4) is 0 Å². The van der Waals surface area contributed by atoms with Crippen LogP contribution in [0.5, 0.6) is 5.75 Å². The van der Waals surface area contributed by atoms with Gasteiger partial charge < -0.3 is 10.1 Å². The van der Waals surface area contributed by atoms with Crippen LogP contribution in [0.1, 0.15) is 17.2 Å². The molecular formula is C16H17BrFNO. The van der Waals surface area contributed by atoms with Crippen molar-refractivity contribution in [2.45, 2.75) is 12.5 Å². The van der Waals surface area contributed by atoms with Gasteiger partial charge in [0, 0.05) is 6.04 Å². The molecule has 0 aromatic heterocycles. The van der Waals surface area contributed by atoms with Gasteiger partial charge in [-0.1, -0.05) is 24.3 Å². The van der Waals surface area contributed by atoms with Crippen LogP contribution in [0, 0.1) is 5.82 Å². The fraction of sp³-hybridized carbons (Fsp3) is 0.250. The van der Waals surface area contributed by atoms with Crippen molar-refractivity contribution in [1.29, 1.82) is 0 Å². The Morgan fingerprint density at radius 1 is 1.25 bits per heavy atom. The van der Waals surface area contributed by atoms with E-state index in [0.29, 0.717) is 4.47 Å². The van der Waals surface area contributed by atoms with E-state index in [4.69, 9.17) is 4.74 Å². The first-order chi connectivity index (χ1) is 9.65. The zero-order chi connectivity index (χ0) is 14.5. The highest BCUT2D eigenvalue weighted by molar-refractivity contribution is 9.10. The van der Waals surface area contributed by atoms with Crippen LogP contribution < -0.4 is 10.1 Å². The van der Waals surface area contributed by atoms with E-state index < -0.39 is 0 Å². The predicted octanol–water partition coefficient (Wildman–Crippen LogP) is 4.10. The third kappa shape index (κ3) is 3.38. The third-order valence-electron chi connectivity index (χ3n) is 3.28. The zero-order valence-electron chi connectivity index (χ0n) is 11.5. The van der Waals surface area contributed by atoms with Crippen molar-refractivity contribution >= 4 is 15.9 Å².